The lowest BCUT2D eigenvalue weighted by Gasteiger charge is -2.35. The number of H-pyrrole nitrogens is 1. The van der Waals surface area contributed by atoms with Crippen molar-refractivity contribution in [2.45, 2.75) is 57.5 Å². The summed E-state index contributed by atoms with van der Waals surface area (Å²) >= 11 is 0. The van der Waals surface area contributed by atoms with Crippen molar-refractivity contribution in [2.24, 2.45) is 0 Å². The maximum Gasteiger partial charge on any atom is 0.422 e. The molecule has 0 unspecified atom stereocenters. The number of rotatable bonds is 5. The molecule has 2 aliphatic rings. The molecule has 0 aromatic carbocycles. The van der Waals surface area contributed by atoms with Gasteiger partial charge in [-0.1, -0.05) is 0 Å². The van der Waals surface area contributed by atoms with E-state index < -0.39 is 17.3 Å². The number of alkyl halides is 3. The first kappa shape index (κ1) is 23.2. The molecule has 178 valence electrons. The fourth-order valence-electron chi connectivity index (χ4n) is 4.70. The molecule has 1 atom stereocenters. The number of halogens is 3. The standard InChI is InChI=1S/C22H27F3N6O2/c1-14-12-26-21(27-13-14)31-10-8-30(9-11-31)17(32)7-3-5-15-4-2-6-16-18(22(23,24)25)20(33)29-28-19(15)16/h12-13,15H,2-11H2,1H3,(H,29,33)/t15-/m0/s1. The van der Waals surface area contributed by atoms with Crippen LogP contribution in [-0.4, -0.2) is 57.2 Å². The van der Waals surface area contributed by atoms with Gasteiger partial charge in [0.25, 0.3) is 5.56 Å². The lowest BCUT2D eigenvalue weighted by molar-refractivity contribution is -0.139. The van der Waals surface area contributed by atoms with Gasteiger partial charge in [0, 0.05) is 50.9 Å². The first-order valence-electron chi connectivity index (χ1n) is 11.2. The van der Waals surface area contributed by atoms with Gasteiger partial charge in [-0.3, -0.25) is 9.59 Å². The van der Waals surface area contributed by atoms with E-state index in [2.05, 4.69) is 15.1 Å². The van der Waals surface area contributed by atoms with Crippen molar-refractivity contribution in [2.75, 3.05) is 31.1 Å². The molecule has 4 rings (SSSR count). The van der Waals surface area contributed by atoms with Crippen molar-refractivity contribution in [1.29, 1.82) is 0 Å². The highest BCUT2D eigenvalue weighted by molar-refractivity contribution is 5.76. The summed E-state index contributed by atoms with van der Waals surface area (Å²) in [5.74, 6) is 0.517. The van der Waals surface area contributed by atoms with Gasteiger partial charge in [0.2, 0.25) is 11.9 Å². The summed E-state index contributed by atoms with van der Waals surface area (Å²) in [5, 5.41) is 5.97. The number of piperazine rings is 1. The number of hydrogen-bond acceptors (Lipinski definition) is 6. The number of hydrogen-bond donors (Lipinski definition) is 1. The number of nitrogens with zero attached hydrogens (tertiary/aromatic N) is 5. The number of aryl methyl sites for hydroxylation is 1. The molecule has 33 heavy (non-hydrogen) atoms. The van der Waals surface area contributed by atoms with E-state index in [1.165, 1.54) is 0 Å². The molecule has 1 aliphatic heterocycles. The third kappa shape index (κ3) is 5.17. The summed E-state index contributed by atoms with van der Waals surface area (Å²) in [6.07, 6.45) is 1.77. The lowest BCUT2D eigenvalue weighted by atomic mass is 9.82. The van der Waals surface area contributed by atoms with E-state index in [1.807, 2.05) is 21.8 Å². The maximum absolute atomic E-state index is 13.4. The molecule has 0 bridgehead atoms. The zero-order chi connectivity index (χ0) is 23.6. The Labute approximate surface area is 189 Å². The molecule has 1 fully saturated rings. The molecule has 11 heteroatoms. The minimum absolute atomic E-state index is 0.0169. The second-order valence-electron chi connectivity index (χ2n) is 8.70. The lowest BCUT2D eigenvalue weighted by Crippen LogP contribution is -2.49. The number of aromatic nitrogens is 4. The van der Waals surface area contributed by atoms with Crippen molar-refractivity contribution >= 4 is 11.9 Å². The molecule has 1 amide bonds. The molecule has 1 aliphatic carbocycles. The smallest absolute Gasteiger partial charge is 0.339 e. The van der Waals surface area contributed by atoms with E-state index in [0.717, 1.165) is 5.56 Å². The van der Waals surface area contributed by atoms with Crippen molar-refractivity contribution in [3.8, 4) is 0 Å². The first-order valence-corrected chi connectivity index (χ1v) is 11.2. The molecular weight excluding hydrogens is 437 g/mol. The number of carbonyl (C=O) groups excluding carboxylic acids is 1. The van der Waals surface area contributed by atoms with Crippen LogP contribution in [0.2, 0.25) is 0 Å². The molecule has 1 saturated heterocycles. The Hall–Kier alpha value is -2.98. The quantitative estimate of drug-likeness (QED) is 0.731. The van der Waals surface area contributed by atoms with Crippen LogP contribution in [0.15, 0.2) is 17.2 Å². The van der Waals surface area contributed by atoms with Crippen LogP contribution in [0.5, 0.6) is 0 Å². The van der Waals surface area contributed by atoms with Crippen LogP contribution in [0.4, 0.5) is 19.1 Å². The Bertz CT molecular complexity index is 1050. The normalized spacial score (nSPS) is 18.8. The number of aromatic amines is 1. The Morgan fingerprint density at radius 2 is 1.88 bits per heavy atom. The Balaban J connectivity index is 1.31. The molecule has 0 spiro atoms. The van der Waals surface area contributed by atoms with Crippen molar-refractivity contribution in [3.63, 3.8) is 0 Å². The first-order chi connectivity index (χ1) is 15.7. The molecule has 8 nitrogen and oxygen atoms in total. The number of nitrogens with one attached hydrogen (secondary N) is 1. The zero-order valence-corrected chi connectivity index (χ0v) is 18.5. The second-order valence-corrected chi connectivity index (χ2v) is 8.70. The van der Waals surface area contributed by atoms with E-state index >= 15 is 0 Å². The Morgan fingerprint density at radius 1 is 1.18 bits per heavy atom. The molecule has 3 heterocycles. The van der Waals surface area contributed by atoms with Crippen molar-refractivity contribution in [3.05, 3.63) is 45.1 Å². The fourth-order valence-corrected chi connectivity index (χ4v) is 4.70. The number of anilines is 1. The maximum atomic E-state index is 13.4. The van der Waals surface area contributed by atoms with Crippen molar-refractivity contribution < 1.29 is 18.0 Å². The minimum Gasteiger partial charge on any atom is -0.339 e. The van der Waals surface area contributed by atoms with Crippen LogP contribution in [0, 0.1) is 6.92 Å². The predicted molar refractivity (Wildman–Crippen MR) is 115 cm³/mol. The largest absolute Gasteiger partial charge is 0.422 e. The van der Waals surface area contributed by atoms with Gasteiger partial charge in [-0.25, -0.2) is 15.1 Å². The Morgan fingerprint density at radius 3 is 2.55 bits per heavy atom. The monoisotopic (exact) mass is 464 g/mol. The van der Waals surface area contributed by atoms with E-state index in [-0.39, 0.29) is 23.8 Å². The fraction of sp³-hybridized carbons (Fsp3) is 0.591. The van der Waals surface area contributed by atoms with E-state index in [0.29, 0.717) is 69.9 Å². The van der Waals surface area contributed by atoms with Gasteiger partial charge in [0.15, 0.2) is 0 Å². The zero-order valence-electron chi connectivity index (χ0n) is 18.5. The average molecular weight is 464 g/mol. The van der Waals surface area contributed by atoms with E-state index in [1.54, 1.807) is 12.4 Å². The number of fused-ring (bicyclic) bond motifs is 1. The SMILES string of the molecule is Cc1cnc(N2CCN(C(=O)CCC[C@@H]3CCCc4c3n[nH]c(=O)c4C(F)(F)F)CC2)nc1. The van der Waals surface area contributed by atoms with Crippen LogP contribution < -0.4 is 10.5 Å². The topological polar surface area (TPSA) is 95.1 Å². The third-order valence-electron chi connectivity index (χ3n) is 6.39. The molecule has 2 aromatic rings. The molecule has 0 saturated carbocycles. The highest BCUT2D eigenvalue weighted by atomic mass is 19.4. The van der Waals surface area contributed by atoms with Crippen LogP contribution >= 0.6 is 0 Å². The van der Waals surface area contributed by atoms with Crippen molar-refractivity contribution in [1.82, 2.24) is 25.1 Å². The van der Waals surface area contributed by atoms with Gasteiger partial charge in [0.05, 0.1) is 5.69 Å². The predicted octanol–water partition coefficient (Wildman–Crippen LogP) is 2.83. The molecular formula is C22H27F3N6O2. The molecule has 2 aromatic heterocycles. The number of amides is 1. The highest BCUT2D eigenvalue weighted by Gasteiger charge is 2.40. The van der Waals surface area contributed by atoms with Crippen LogP contribution in [0.1, 0.15) is 60.4 Å². The van der Waals surface area contributed by atoms with Gasteiger partial charge in [0.1, 0.15) is 5.56 Å². The summed E-state index contributed by atoms with van der Waals surface area (Å²) in [5.41, 5.74) is -0.976. The summed E-state index contributed by atoms with van der Waals surface area (Å²) in [4.78, 5) is 36.9. The van der Waals surface area contributed by atoms with Gasteiger partial charge in [-0.05, 0) is 50.2 Å². The summed E-state index contributed by atoms with van der Waals surface area (Å²) < 4.78 is 40.1. The van der Waals surface area contributed by atoms with Gasteiger partial charge >= 0.3 is 6.18 Å². The average Bonchev–Trinajstić information content (AvgIpc) is 2.78. The van der Waals surface area contributed by atoms with E-state index in [4.69, 9.17) is 0 Å². The van der Waals surface area contributed by atoms with Gasteiger partial charge < -0.3 is 9.80 Å². The number of carbonyl (C=O) groups is 1. The molecule has 0 radical (unpaired) electrons. The highest BCUT2D eigenvalue weighted by Crippen LogP contribution is 2.38. The summed E-state index contributed by atoms with van der Waals surface area (Å²) in [6, 6.07) is 0. The van der Waals surface area contributed by atoms with Crippen LogP contribution in [-0.2, 0) is 17.4 Å². The summed E-state index contributed by atoms with van der Waals surface area (Å²) in [6.45, 7) is 4.40. The minimum atomic E-state index is -4.70. The van der Waals surface area contributed by atoms with Crippen LogP contribution in [0.3, 0.4) is 0 Å². The summed E-state index contributed by atoms with van der Waals surface area (Å²) in [7, 11) is 0. The van der Waals surface area contributed by atoms with Gasteiger partial charge in [-0.15, -0.1) is 0 Å². The third-order valence-corrected chi connectivity index (χ3v) is 6.39. The Kier molecular flexibility index (Phi) is 6.66. The van der Waals surface area contributed by atoms with E-state index in [9.17, 15) is 22.8 Å². The van der Waals surface area contributed by atoms with Gasteiger partial charge in [-0.2, -0.15) is 18.3 Å². The molecule has 1 N–H and O–H groups in total. The second kappa shape index (κ2) is 9.48. The van der Waals surface area contributed by atoms with Crippen LogP contribution in [0.25, 0.3) is 0 Å².